The maximum absolute atomic E-state index is 12.8. The molecule has 0 fully saturated rings. The topological polar surface area (TPSA) is 69.0 Å². The summed E-state index contributed by atoms with van der Waals surface area (Å²) in [6.45, 7) is 0. The van der Waals surface area contributed by atoms with E-state index in [1.165, 1.54) is 0 Å². The van der Waals surface area contributed by atoms with Gasteiger partial charge >= 0.3 is 0 Å². The first-order valence-corrected chi connectivity index (χ1v) is 9.26. The van der Waals surface area contributed by atoms with Gasteiger partial charge in [-0.25, -0.2) is 9.67 Å². The Hall–Kier alpha value is -3.64. The Balaban J connectivity index is 1.76. The van der Waals surface area contributed by atoms with Crippen LogP contribution >= 0.6 is 11.6 Å². The summed E-state index contributed by atoms with van der Waals surface area (Å²) in [4.78, 5) is 17.3. The minimum Gasteiger partial charge on any atom is -0.495 e. The minimum atomic E-state index is -0.438. The second-order valence-corrected chi connectivity index (χ2v) is 6.61. The van der Waals surface area contributed by atoms with E-state index in [0.717, 1.165) is 11.3 Å². The van der Waals surface area contributed by atoms with Crippen LogP contribution in [0.3, 0.4) is 0 Å². The number of nitrogens with one attached hydrogen (secondary N) is 1. The van der Waals surface area contributed by atoms with Crippen molar-refractivity contribution in [2.45, 2.75) is 0 Å². The zero-order chi connectivity index (χ0) is 20.2. The van der Waals surface area contributed by atoms with Crippen molar-refractivity contribution < 1.29 is 9.53 Å². The van der Waals surface area contributed by atoms with Crippen LogP contribution in [-0.2, 0) is 0 Å². The molecule has 0 aliphatic heterocycles. The maximum atomic E-state index is 12.8. The maximum Gasteiger partial charge on any atom is 0.295 e. The highest BCUT2D eigenvalue weighted by atomic mass is 35.5. The zero-order valence-corrected chi connectivity index (χ0v) is 16.3. The van der Waals surface area contributed by atoms with E-state index >= 15 is 0 Å². The molecule has 144 valence electrons. The molecule has 0 saturated heterocycles. The molecular formula is C22H17ClN4O2. The number of anilines is 1. The number of nitrogens with zero attached hydrogens (tertiary/aromatic N) is 3. The Morgan fingerprint density at radius 2 is 1.76 bits per heavy atom. The molecule has 1 heterocycles. The Bertz CT molecular complexity index is 1160. The molecule has 1 aromatic heterocycles. The molecule has 0 spiro atoms. The molecule has 6 nitrogen and oxygen atoms in total. The normalized spacial score (nSPS) is 10.6. The van der Waals surface area contributed by atoms with E-state index in [9.17, 15) is 4.79 Å². The Morgan fingerprint density at radius 1 is 1.00 bits per heavy atom. The number of halogens is 1. The van der Waals surface area contributed by atoms with Crippen LogP contribution in [0.15, 0.2) is 78.9 Å². The van der Waals surface area contributed by atoms with Crippen LogP contribution < -0.4 is 10.1 Å². The molecule has 0 radical (unpaired) electrons. The Labute approximate surface area is 172 Å². The minimum absolute atomic E-state index is 0.0368. The van der Waals surface area contributed by atoms with Crippen LogP contribution in [0.1, 0.15) is 10.6 Å². The summed E-state index contributed by atoms with van der Waals surface area (Å²) >= 11 is 6.15. The predicted octanol–water partition coefficient (Wildman–Crippen LogP) is 4.85. The van der Waals surface area contributed by atoms with Crippen molar-refractivity contribution >= 4 is 23.2 Å². The number of ether oxygens (including phenoxy) is 1. The number of carbonyl (C=O) groups is 1. The predicted molar refractivity (Wildman–Crippen MR) is 113 cm³/mol. The van der Waals surface area contributed by atoms with E-state index in [1.807, 2.05) is 54.6 Å². The van der Waals surface area contributed by atoms with Crippen LogP contribution in [0, 0.1) is 0 Å². The highest BCUT2D eigenvalue weighted by Gasteiger charge is 2.20. The third kappa shape index (κ3) is 3.97. The molecular weight excluding hydrogens is 388 g/mol. The van der Waals surface area contributed by atoms with Crippen LogP contribution in [0.5, 0.6) is 5.75 Å². The van der Waals surface area contributed by atoms with Gasteiger partial charge in [-0.2, -0.15) is 0 Å². The fourth-order valence-electron chi connectivity index (χ4n) is 2.90. The average molecular weight is 405 g/mol. The first-order chi connectivity index (χ1) is 14.2. The lowest BCUT2D eigenvalue weighted by molar-refractivity contribution is 0.101. The van der Waals surface area contributed by atoms with E-state index < -0.39 is 5.91 Å². The van der Waals surface area contributed by atoms with Crippen molar-refractivity contribution in [3.63, 3.8) is 0 Å². The smallest absolute Gasteiger partial charge is 0.295 e. The third-order valence-electron chi connectivity index (χ3n) is 4.25. The van der Waals surface area contributed by atoms with Crippen molar-refractivity contribution in [2.24, 2.45) is 0 Å². The van der Waals surface area contributed by atoms with Gasteiger partial charge < -0.3 is 10.1 Å². The fourth-order valence-corrected chi connectivity index (χ4v) is 3.09. The van der Waals surface area contributed by atoms with Gasteiger partial charge in [-0.3, -0.25) is 4.79 Å². The van der Waals surface area contributed by atoms with Gasteiger partial charge in [-0.15, -0.1) is 5.10 Å². The van der Waals surface area contributed by atoms with Gasteiger partial charge in [0.05, 0.1) is 18.5 Å². The van der Waals surface area contributed by atoms with E-state index in [1.54, 1.807) is 36.1 Å². The third-order valence-corrected chi connectivity index (χ3v) is 4.48. The number of aromatic nitrogens is 3. The summed E-state index contributed by atoms with van der Waals surface area (Å²) in [6.07, 6.45) is 0. The molecule has 0 aliphatic carbocycles. The molecule has 4 rings (SSSR count). The number of benzene rings is 3. The van der Waals surface area contributed by atoms with E-state index in [-0.39, 0.29) is 5.82 Å². The summed E-state index contributed by atoms with van der Waals surface area (Å²) in [6, 6.07) is 23.9. The number of para-hydroxylation sites is 3. The van der Waals surface area contributed by atoms with Crippen LogP contribution in [0.4, 0.5) is 5.69 Å². The molecule has 0 unspecified atom stereocenters. The lowest BCUT2D eigenvalue weighted by Gasteiger charge is -2.07. The summed E-state index contributed by atoms with van der Waals surface area (Å²) in [5.74, 6) is 0.671. The molecule has 0 bridgehead atoms. The summed E-state index contributed by atoms with van der Waals surface area (Å²) < 4.78 is 6.92. The van der Waals surface area contributed by atoms with Gasteiger partial charge in [0.1, 0.15) is 5.75 Å². The van der Waals surface area contributed by atoms with Crippen LogP contribution in [0.25, 0.3) is 17.1 Å². The van der Waals surface area contributed by atoms with Crippen molar-refractivity contribution in [1.29, 1.82) is 0 Å². The Kier molecular flexibility index (Phi) is 5.27. The van der Waals surface area contributed by atoms with Gasteiger partial charge in [0.25, 0.3) is 5.91 Å². The SMILES string of the molecule is COc1ccccc1NC(=O)c1nc(-c2cccc(Cl)c2)n(-c2ccccc2)n1. The van der Waals surface area contributed by atoms with Crippen LogP contribution in [0.2, 0.25) is 5.02 Å². The molecule has 0 saturated carbocycles. The van der Waals surface area contributed by atoms with Crippen LogP contribution in [-0.4, -0.2) is 27.8 Å². The molecule has 0 atom stereocenters. The highest BCUT2D eigenvalue weighted by Crippen LogP contribution is 2.26. The fraction of sp³-hybridized carbons (Fsp3) is 0.0455. The number of methoxy groups -OCH3 is 1. The van der Waals surface area contributed by atoms with Gasteiger partial charge in [-0.1, -0.05) is 54.1 Å². The van der Waals surface area contributed by atoms with Crippen molar-refractivity contribution in [2.75, 3.05) is 12.4 Å². The first-order valence-electron chi connectivity index (χ1n) is 8.88. The molecule has 0 aliphatic rings. The summed E-state index contributed by atoms with van der Waals surface area (Å²) in [5, 5.41) is 7.83. The molecule has 7 heteroatoms. The van der Waals surface area contributed by atoms with E-state index in [0.29, 0.717) is 22.3 Å². The molecule has 1 N–H and O–H groups in total. The van der Waals surface area contributed by atoms with Gasteiger partial charge in [0, 0.05) is 10.6 Å². The zero-order valence-electron chi connectivity index (χ0n) is 15.5. The van der Waals surface area contributed by atoms with Crippen molar-refractivity contribution in [3.05, 3.63) is 89.7 Å². The monoisotopic (exact) mass is 404 g/mol. The van der Waals surface area contributed by atoms with Crippen molar-refractivity contribution in [3.8, 4) is 22.8 Å². The highest BCUT2D eigenvalue weighted by molar-refractivity contribution is 6.30. The second-order valence-electron chi connectivity index (χ2n) is 6.17. The number of hydrogen-bond donors (Lipinski definition) is 1. The van der Waals surface area contributed by atoms with Gasteiger partial charge in [0.2, 0.25) is 5.82 Å². The number of amides is 1. The first kappa shape index (κ1) is 18.7. The lowest BCUT2D eigenvalue weighted by Crippen LogP contribution is -2.14. The van der Waals surface area contributed by atoms with Crippen molar-refractivity contribution in [1.82, 2.24) is 14.8 Å². The molecule has 29 heavy (non-hydrogen) atoms. The number of hydrogen-bond acceptors (Lipinski definition) is 4. The largest absolute Gasteiger partial charge is 0.495 e. The summed E-state index contributed by atoms with van der Waals surface area (Å²) in [7, 11) is 1.55. The molecule has 4 aromatic rings. The second kappa shape index (κ2) is 8.16. The van der Waals surface area contributed by atoms with Gasteiger partial charge in [0.15, 0.2) is 5.82 Å². The quantitative estimate of drug-likeness (QED) is 0.516. The summed E-state index contributed by atoms with van der Waals surface area (Å²) in [5.41, 5.74) is 2.08. The number of rotatable bonds is 5. The lowest BCUT2D eigenvalue weighted by atomic mass is 10.2. The standard InChI is InChI=1S/C22H17ClN4O2/c1-29-19-13-6-5-12-18(19)24-22(28)20-25-21(15-8-7-9-16(23)14-15)27(26-20)17-10-3-2-4-11-17/h2-14H,1H3,(H,24,28). The Morgan fingerprint density at radius 3 is 2.52 bits per heavy atom. The van der Waals surface area contributed by atoms with E-state index in [4.69, 9.17) is 16.3 Å². The van der Waals surface area contributed by atoms with Gasteiger partial charge in [-0.05, 0) is 36.4 Å². The molecule has 3 aromatic carbocycles. The van der Waals surface area contributed by atoms with E-state index in [2.05, 4.69) is 15.4 Å². The number of carbonyl (C=O) groups excluding carboxylic acids is 1. The average Bonchev–Trinajstić information content (AvgIpc) is 3.20. The molecule has 1 amide bonds.